The van der Waals surface area contributed by atoms with E-state index in [0.717, 1.165) is 18.8 Å². The normalized spacial score (nSPS) is 15.4. The Morgan fingerprint density at radius 2 is 1.88 bits per heavy atom. The van der Waals surface area contributed by atoms with E-state index in [1.165, 1.54) is 18.4 Å². The van der Waals surface area contributed by atoms with Gasteiger partial charge in [-0.3, -0.25) is 9.11 Å². The second-order valence-corrected chi connectivity index (χ2v) is 8.56. The second kappa shape index (κ2) is 8.54. The van der Waals surface area contributed by atoms with Crippen LogP contribution in [-0.4, -0.2) is 34.6 Å². The molecule has 0 radical (unpaired) electrons. The minimum atomic E-state index is -1.16. The zero-order valence-electron chi connectivity index (χ0n) is 14.1. The summed E-state index contributed by atoms with van der Waals surface area (Å²) in [7, 11) is 0.513. The first-order valence-electron chi connectivity index (χ1n) is 8.27. The highest BCUT2D eigenvalue weighted by molar-refractivity contribution is 7.85. The van der Waals surface area contributed by atoms with Crippen molar-refractivity contribution in [1.82, 2.24) is 4.90 Å². The number of methoxy groups -OCH3 is 1. The van der Waals surface area contributed by atoms with Crippen LogP contribution in [0.1, 0.15) is 18.4 Å². The molecule has 0 aliphatic heterocycles. The Balaban J connectivity index is 1.62. The van der Waals surface area contributed by atoms with Crippen LogP contribution in [0.2, 0.25) is 10.0 Å². The highest BCUT2D eigenvalue weighted by atomic mass is 35.5. The predicted molar refractivity (Wildman–Crippen MR) is 104 cm³/mol. The van der Waals surface area contributed by atoms with E-state index in [4.69, 9.17) is 27.9 Å². The first-order valence-corrected chi connectivity index (χ1v) is 10.3. The van der Waals surface area contributed by atoms with Crippen LogP contribution >= 0.6 is 23.2 Å². The molecule has 1 atom stereocenters. The number of hydrogen-bond donors (Lipinski definition) is 0. The topological polar surface area (TPSA) is 29.5 Å². The van der Waals surface area contributed by atoms with Crippen molar-refractivity contribution in [2.45, 2.75) is 30.3 Å². The van der Waals surface area contributed by atoms with Gasteiger partial charge in [-0.1, -0.05) is 35.3 Å². The van der Waals surface area contributed by atoms with Crippen LogP contribution in [0.4, 0.5) is 0 Å². The van der Waals surface area contributed by atoms with Gasteiger partial charge in [0.15, 0.2) is 0 Å². The molecule has 0 aromatic heterocycles. The summed E-state index contributed by atoms with van der Waals surface area (Å²) in [5, 5.41) is 1.07. The number of rotatable bonds is 8. The maximum absolute atomic E-state index is 12.6. The van der Waals surface area contributed by atoms with Crippen LogP contribution in [0.15, 0.2) is 47.4 Å². The van der Waals surface area contributed by atoms with Gasteiger partial charge in [0.1, 0.15) is 5.75 Å². The summed E-state index contributed by atoms with van der Waals surface area (Å²) in [6.45, 7) is 1.63. The third kappa shape index (κ3) is 5.20. The molecule has 6 heteroatoms. The van der Waals surface area contributed by atoms with Gasteiger partial charge in [-0.15, -0.1) is 0 Å². The van der Waals surface area contributed by atoms with Crippen LogP contribution in [0.5, 0.6) is 5.75 Å². The van der Waals surface area contributed by atoms with Crippen molar-refractivity contribution >= 4 is 34.0 Å². The molecule has 1 aliphatic rings. The molecule has 2 aromatic carbocycles. The molecule has 0 N–H and O–H groups in total. The number of benzene rings is 2. The fraction of sp³-hybridized carbons (Fsp3) is 0.368. The van der Waals surface area contributed by atoms with E-state index < -0.39 is 10.8 Å². The molecule has 134 valence electrons. The van der Waals surface area contributed by atoms with Crippen LogP contribution in [0.25, 0.3) is 0 Å². The molecule has 3 nitrogen and oxygen atoms in total. The van der Waals surface area contributed by atoms with Crippen molar-refractivity contribution in [1.29, 1.82) is 0 Å². The Kier molecular flexibility index (Phi) is 6.39. The molecule has 1 aliphatic carbocycles. The summed E-state index contributed by atoms with van der Waals surface area (Å²) < 4.78 is 17.8. The highest BCUT2D eigenvalue weighted by Gasteiger charge is 2.29. The molecule has 0 heterocycles. The highest BCUT2D eigenvalue weighted by Crippen LogP contribution is 2.29. The summed E-state index contributed by atoms with van der Waals surface area (Å²) in [4.78, 5) is 3.02. The number of hydrogen-bond acceptors (Lipinski definition) is 3. The largest absolute Gasteiger partial charge is 0.497 e. The average Bonchev–Trinajstić information content (AvgIpc) is 3.46. The smallest absolute Gasteiger partial charge is 0.118 e. The first kappa shape index (κ1) is 18.7. The van der Waals surface area contributed by atoms with E-state index in [1.54, 1.807) is 25.3 Å². The van der Waals surface area contributed by atoms with Crippen molar-refractivity contribution in [3.63, 3.8) is 0 Å². The quantitative estimate of drug-likeness (QED) is 0.641. The second-order valence-electron chi connectivity index (χ2n) is 6.17. The van der Waals surface area contributed by atoms with E-state index >= 15 is 0 Å². The molecule has 0 amide bonds. The van der Waals surface area contributed by atoms with Crippen molar-refractivity contribution in [3.8, 4) is 5.75 Å². The fourth-order valence-electron chi connectivity index (χ4n) is 2.76. The average molecular weight is 398 g/mol. The molecule has 1 fully saturated rings. The van der Waals surface area contributed by atoms with Crippen molar-refractivity contribution in [2.75, 3.05) is 19.4 Å². The zero-order valence-corrected chi connectivity index (χ0v) is 16.4. The lowest BCUT2D eigenvalue weighted by atomic mass is 10.2. The molecule has 0 saturated heterocycles. The monoisotopic (exact) mass is 397 g/mol. The van der Waals surface area contributed by atoms with E-state index in [9.17, 15) is 4.21 Å². The standard InChI is InChI=1S/C19H21Cl2NO2S/c1-24-17-7-2-14(3-8-17)13-22(16-5-6-16)10-11-25(23)19-12-15(20)4-9-18(19)21/h2-4,7-9,12,16H,5-6,10-11,13H2,1H3/t25-/m1/s1. The number of ether oxygens (including phenoxy) is 1. The molecule has 25 heavy (non-hydrogen) atoms. The Bertz CT molecular complexity index is 748. The Labute approximate surface area is 161 Å². The van der Waals surface area contributed by atoms with Crippen molar-refractivity contribution in [2.24, 2.45) is 0 Å². The van der Waals surface area contributed by atoms with Gasteiger partial charge in [-0.05, 0) is 48.7 Å². The Morgan fingerprint density at radius 3 is 2.52 bits per heavy atom. The van der Waals surface area contributed by atoms with E-state index in [1.807, 2.05) is 12.1 Å². The maximum Gasteiger partial charge on any atom is 0.118 e. The predicted octanol–water partition coefficient (Wildman–Crippen LogP) is 4.77. The van der Waals surface area contributed by atoms with Crippen LogP contribution in [-0.2, 0) is 17.3 Å². The van der Waals surface area contributed by atoms with Crippen molar-refractivity contribution < 1.29 is 8.95 Å². The summed E-state index contributed by atoms with van der Waals surface area (Å²) in [6, 6.07) is 13.8. The van der Waals surface area contributed by atoms with Gasteiger partial charge in [0, 0.05) is 29.9 Å². The van der Waals surface area contributed by atoms with Gasteiger partial charge in [0.2, 0.25) is 0 Å². The third-order valence-electron chi connectivity index (χ3n) is 4.31. The molecule has 3 rings (SSSR count). The van der Waals surface area contributed by atoms with Gasteiger partial charge in [0.05, 0.1) is 27.8 Å². The summed E-state index contributed by atoms with van der Waals surface area (Å²) in [6.07, 6.45) is 2.42. The number of halogens is 2. The lowest BCUT2D eigenvalue weighted by Gasteiger charge is -2.22. The molecule has 1 saturated carbocycles. The lowest BCUT2D eigenvalue weighted by molar-refractivity contribution is 0.271. The van der Waals surface area contributed by atoms with Gasteiger partial charge in [-0.25, -0.2) is 0 Å². The zero-order chi connectivity index (χ0) is 17.8. The van der Waals surface area contributed by atoms with Crippen LogP contribution in [0.3, 0.4) is 0 Å². The minimum absolute atomic E-state index is 0.510. The van der Waals surface area contributed by atoms with Gasteiger partial charge >= 0.3 is 0 Å². The van der Waals surface area contributed by atoms with Gasteiger partial charge in [0.25, 0.3) is 0 Å². The molecular weight excluding hydrogens is 377 g/mol. The van der Waals surface area contributed by atoms with E-state index in [2.05, 4.69) is 17.0 Å². The molecule has 2 aromatic rings. The Morgan fingerprint density at radius 1 is 1.16 bits per heavy atom. The molecule has 0 bridgehead atoms. The summed E-state index contributed by atoms with van der Waals surface area (Å²) in [5.41, 5.74) is 1.24. The maximum atomic E-state index is 12.6. The summed E-state index contributed by atoms with van der Waals surface area (Å²) in [5.74, 6) is 1.41. The van der Waals surface area contributed by atoms with Gasteiger partial charge < -0.3 is 4.74 Å². The molecule has 0 spiro atoms. The summed E-state index contributed by atoms with van der Waals surface area (Å²) >= 11 is 12.2. The molecular formula is C19H21Cl2NO2S. The SMILES string of the molecule is COc1ccc(CN(CC[S@@](=O)c2cc(Cl)ccc2Cl)C2CC2)cc1. The molecule has 0 unspecified atom stereocenters. The first-order chi connectivity index (χ1) is 12.1. The van der Waals surface area contributed by atoms with Crippen LogP contribution < -0.4 is 4.74 Å². The third-order valence-corrected chi connectivity index (χ3v) is 6.37. The van der Waals surface area contributed by atoms with E-state index in [0.29, 0.717) is 26.7 Å². The minimum Gasteiger partial charge on any atom is -0.497 e. The Hall–Kier alpha value is -1.07. The van der Waals surface area contributed by atoms with Crippen LogP contribution in [0, 0.1) is 0 Å². The van der Waals surface area contributed by atoms with Crippen molar-refractivity contribution in [3.05, 3.63) is 58.1 Å². The van der Waals surface area contributed by atoms with Gasteiger partial charge in [-0.2, -0.15) is 0 Å². The lowest BCUT2D eigenvalue weighted by Crippen LogP contribution is -2.29. The number of nitrogens with zero attached hydrogens (tertiary/aromatic N) is 1. The fourth-order valence-corrected chi connectivity index (χ4v) is 4.53. The van der Waals surface area contributed by atoms with E-state index in [-0.39, 0.29) is 0 Å².